The third kappa shape index (κ3) is 2.11. The van der Waals surface area contributed by atoms with Crippen molar-refractivity contribution in [3.05, 3.63) is 59.5 Å². The highest BCUT2D eigenvalue weighted by atomic mass is 19.1. The summed E-state index contributed by atoms with van der Waals surface area (Å²) in [7, 11) is 0. The van der Waals surface area contributed by atoms with Gasteiger partial charge in [0, 0.05) is 22.7 Å². The van der Waals surface area contributed by atoms with Crippen LogP contribution >= 0.6 is 0 Å². The maximum Gasteiger partial charge on any atom is 0.189 e. The van der Waals surface area contributed by atoms with Crippen molar-refractivity contribution in [2.75, 3.05) is 0 Å². The number of aryl methyl sites for hydroxylation is 2. The van der Waals surface area contributed by atoms with Crippen molar-refractivity contribution in [3.63, 3.8) is 0 Å². The lowest BCUT2D eigenvalue weighted by Gasteiger charge is -2.05. The summed E-state index contributed by atoms with van der Waals surface area (Å²) in [4.78, 5) is 3.30. The molecule has 0 saturated carbocycles. The van der Waals surface area contributed by atoms with Gasteiger partial charge in [0.1, 0.15) is 5.82 Å². The summed E-state index contributed by atoms with van der Waals surface area (Å²) < 4.78 is 14.7. The lowest BCUT2D eigenvalue weighted by molar-refractivity contribution is 0.627. The van der Waals surface area contributed by atoms with E-state index in [1.165, 1.54) is 23.3 Å². The summed E-state index contributed by atoms with van der Waals surface area (Å²) in [6.45, 7) is 4.17. The number of aromatic amines is 1. The molecule has 0 fully saturated rings. The highest BCUT2D eigenvalue weighted by Crippen LogP contribution is 2.30. The Labute approximate surface area is 131 Å². The number of H-pyrrole nitrogens is 1. The first-order chi connectivity index (χ1) is 11.1. The Kier molecular flexibility index (Phi) is 2.97. The molecular formula is C17H14FN5. The minimum atomic E-state index is -0.290. The number of nitrogens with zero attached hydrogens (tertiary/aromatic N) is 4. The summed E-state index contributed by atoms with van der Waals surface area (Å²) in [6, 6.07) is 10.2. The molecule has 1 N–H and O–H groups in total. The monoisotopic (exact) mass is 307 g/mol. The molecule has 0 aliphatic rings. The van der Waals surface area contributed by atoms with Crippen LogP contribution in [0.1, 0.15) is 11.1 Å². The van der Waals surface area contributed by atoms with E-state index in [0.29, 0.717) is 11.5 Å². The first-order valence-corrected chi connectivity index (χ1v) is 7.27. The van der Waals surface area contributed by atoms with Gasteiger partial charge in [-0.05, 0) is 59.7 Å². The van der Waals surface area contributed by atoms with Gasteiger partial charge in [-0.15, -0.1) is 5.10 Å². The first kappa shape index (κ1) is 13.6. The Balaban J connectivity index is 1.92. The number of rotatable bonds is 2. The minimum absolute atomic E-state index is 0.290. The van der Waals surface area contributed by atoms with Crippen molar-refractivity contribution >= 4 is 10.9 Å². The second-order valence-corrected chi connectivity index (χ2v) is 5.52. The molecule has 0 spiro atoms. The van der Waals surface area contributed by atoms with E-state index < -0.39 is 0 Å². The van der Waals surface area contributed by atoms with Gasteiger partial charge in [0.15, 0.2) is 5.82 Å². The van der Waals surface area contributed by atoms with Crippen LogP contribution in [0.3, 0.4) is 0 Å². The molecule has 0 radical (unpaired) electrons. The zero-order valence-corrected chi connectivity index (χ0v) is 12.7. The number of aromatic nitrogens is 5. The van der Waals surface area contributed by atoms with E-state index in [-0.39, 0.29) is 5.82 Å². The van der Waals surface area contributed by atoms with Gasteiger partial charge in [0.05, 0.1) is 5.69 Å². The van der Waals surface area contributed by atoms with Crippen LogP contribution in [-0.4, -0.2) is 25.2 Å². The quantitative estimate of drug-likeness (QED) is 0.616. The maximum atomic E-state index is 13.1. The van der Waals surface area contributed by atoms with Gasteiger partial charge in [-0.1, -0.05) is 12.1 Å². The summed E-state index contributed by atoms with van der Waals surface area (Å²) in [5.74, 6) is 0.327. The van der Waals surface area contributed by atoms with Crippen molar-refractivity contribution in [1.29, 1.82) is 0 Å². The number of halogens is 1. The van der Waals surface area contributed by atoms with Crippen LogP contribution in [0.2, 0.25) is 0 Å². The molecule has 0 amide bonds. The van der Waals surface area contributed by atoms with E-state index >= 15 is 0 Å². The van der Waals surface area contributed by atoms with Crippen molar-refractivity contribution in [3.8, 4) is 17.1 Å². The van der Waals surface area contributed by atoms with E-state index in [4.69, 9.17) is 0 Å². The zero-order chi connectivity index (χ0) is 16.0. The van der Waals surface area contributed by atoms with Crippen LogP contribution in [0.5, 0.6) is 0 Å². The van der Waals surface area contributed by atoms with Crippen molar-refractivity contribution in [1.82, 2.24) is 25.2 Å². The Bertz CT molecular complexity index is 998. The third-order valence-electron chi connectivity index (χ3n) is 4.17. The Morgan fingerprint density at radius 2 is 1.83 bits per heavy atom. The fraction of sp³-hybridized carbons (Fsp3) is 0.118. The third-order valence-corrected chi connectivity index (χ3v) is 4.17. The largest absolute Gasteiger partial charge is 0.360 e. The zero-order valence-electron chi connectivity index (χ0n) is 12.7. The second-order valence-electron chi connectivity index (χ2n) is 5.52. The lowest BCUT2D eigenvalue weighted by Crippen LogP contribution is -1.99. The summed E-state index contributed by atoms with van der Waals surface area (Å²) >= 11 is 0. The Morgan fingerprint density at radius 1 is 1.04 bits per heavy atom. The molecule has 5 nitrogen and oxygen atoms in total. The molecule has 23 heavy (non-hydrogen) atoms. The van der Waals surface area contributed by atoms with Crippen LogP contribution in [0.4, 0.5) is 4.39 Å². The molecule has 0 unspecified atom stereocenters. The van der Waals surface area contributed by atoms with Gasteiger partial charge < -0.3 is 4.98 Å². The van der Waals surface area contributed by atoms with E-state index in [2.05, 4.69) is 46.5 Å². The second kappa shape index (κ2) is 5.01. The average molecular weight is 307 g/mol. The summed E-state index contributed by atoms with van der Waals surface area (Å²) in [5.41, 5.74) is 5.13. The van der Waals surface area contributed by atoms with E-state index in [1.54, 1.807) is 16.8 Å². The normalized spacial score (nSPS) is 11.3. The molecule has 0 aliphatic carbocycles. The molecule has 2 heterocycles. The van der Waals surface area contributed by atoms with E-state index in [9.17, 15) is 4.39 Å². The molecule has 6 heteroatoms. The fourth-order valence-corrected chi connectivity index (χ4v) is 2.74. The van der Waals surface area contributed by atoms with E-state index in [1.807, 2.05) is 6.20 Å². The van der Waals surface area contributed by atoms with Crippen LogP contribution < -0.4 is 0 Å². The van der Waals surface area contributed by atoms with Gasteiger partial charge in [-0.25, -0.2) is 4.39 Å². The molecule has 2 aromatic heterocycles. The molecule has 114 valence electrons. The summed E-state index contributed by atoms with van der Waals surface area (Å²) in [6.07, 6.45) is 1.91. The van der Waals surface area contributed by atoms with Gasteiger partial charge in [-0.2, -0.15) is 4.68 Å². The van der Waals surface area contributed by atoms with Gasteiger partial charge in [-0.3, -0.25) is 0 Å². The van der Waals surface area contributed by atoms with Gasteiger partial charge in [0.25, 0.3) is 0 Å². The fourth-order valence-electron chi connectivity index (χ4n) is 2.74. The molecule has 0 atom stereocenters. The standard InChI is InChI=1S/C17H14FN5/c1-10-3-8-14-15(9-19-16(14)11(10)2)17-20-21-22-23(17)13-6-4-12(18)5-7-13/h3-9,19H,1-2H3. The number of benzene rings is 2. The van der Waals surface area contributed by atoms with E-state index in [0.717, 1.165) is 16.5 Å². The van der Waals surface area contributed by atoms with Gasteiger partial charge in [0.2, 0.25) is 0 Å². The highest BCUT2D eigenvalue weighted by molar-refractivity contribution is 5.96. The van der Waals surface area contributed by atoms with Crippen LogP contribution in [0.15, 0.2) is 42.6 Å². The number of tetrazole rings is 1. The maximum absolute atomic E-state index is 13.1. The molecule has 0 bridgehead atoms. The molecular weight excluding hydrogens is 293 g/mol. The van der Waals surface area contributed by atoms with Crippen molar-refractivity contribution in [2.24, 2.45) is 0 Å². The topological polar surface area (TPSA) is 59.4 Å². The van der Waals surface area contributed by atoms with Crippen LogP contribution in [-0.2, 0) is 0 Å². The number of fused-ring (bicyclic) bond motifs is 1. The van der Waals surface area contributed by atoms with Crippen molar-refractivity contribution < 1.29 is 4.39 Å². The van der Waals surface area contributed by atoms with Gasteiger partial charge >= 0.3 is 0 Å². The minimum Gasteiger partial charge on any atom is -0.360 e. The predicted octanol–water partition coefficient (Wildman–Crippen LogP) is 3.57. The SMILES string of the molecule is Cc1ccc2c(-c3nnnn3-c3ccc(F)cc3)c[nH]c2c1C. The predicted molar refractivity (Wildman–Crippen MR) is 85.9 cm³/mol. The number of hydrogen-bond acceptors (Lipinski definition) is 3. The average Bonchev–Trinajstić information content (AvgIpc) is 3.18. The smallest absolute Gasteiger partial charge is 0.189 e. The number of hydrogen-bond donors (Lipinski definition) is 1. The highest BCUT2D eigenvalue weighted by Gasteiger charge is 2.16. The molecule has 2 aromatic carbocycles. The number of nitrogens with one attached hydrogen (secondary N) is 1. The van der Waals surface area contributed by atoms with Crippen molar-refractivity contribution in [2.45, 2.75) is 13.8 Å². The van der Waals surface area contributed by atoms with Crippen LogP contribution in [0.25, 0.3) is 28.0 Å². The molecule has 0 aliphatic heterocycles. The summed E-state index contributed by atoms with van der Waals surface area (Å²) in [5, 5.41) is 13.0. The molecule has 4 rings (SSSR count). The van der Waals surface area contributed by atoms with Crippen LogP contribution in [0, 0.1) is 19.7 Å². The first-order valence-electron chi connectivity index (χ1n) is 7.27. The molecule has 0 saturated heterocycles. The Morgan fingerprint density at radius 3 is 2.61 bits per heavy atom. The Hall–Kier alpha value is -3.02. The molecule has 4 aromatic rings. The lowest BCUT2D eigenvalue weighted by atomic mass is 10.0.